The quantitative estimate of drug-likeness (QED) is 0.0264. The average Bonchev–Trinajstić information content (AvgIpc) is 3.37. The van der Waals surface area contributed by atoms with Crippen LogP contribution in [0, 0.1) is 0 Å². The zero-order valence-corrected chi connectivity index (χ0v) is 41.0. The molecule has 0 saturated heterocycles. The van der Waals surface area contributed by atoms with Gasteiger partial charge in [0.05, 0.1) is 0 Å². The lowest BCUT2D eigenvalue weighted by Crippen LogP contribution is -2.53. The zero-order chi connectivity index (χ0) is 51.1. The van der Waals surface area contributed by atoms with E-state index < -0.39 is 0 Å². The van der Waals surface area contributed by atoms with E-state index >= 15 is 0 Å². The number of phenols is 6. The monoisotopic (exact) mass is 983 g/mol. The summed E-state index contributed by atoms with van der Waals surface area (Å²) in [6.07, 6.45) is 4.22. The highest BCUT2D eigenvalue weighted by Crippen LogP contribution is 2.18. The summed E-state index contributed by atoms with van der Waals surface area (Å²) in [5, 5.41) is 82.7. The molecule has 0 heterocycles. The number of phenolic OH excluding ortho intramolecular Hbond substituents is 6. The minimum atomic E-state index is -0.368. The van der Waals surface area contributed by atoms with Crippen LogP contribution >= 0.6 is 0 Å². The second-order valence-electron chi connectivity index (χ2n) is 18.9. The molecule has 3 unspecified atom stereocenters. The Bertz CT molecular complexity index is 2460. The normalized spacial score (nSPS) is 14.0. The Balaban J connectivity index is 1.19. The van der Waals surface area contributed by atoms with Gasteiger partial charge in [-0.15, -0.1) is 0 Å². The molecule has 6 atom stereocenters. The molecule has 1 amide bonds. The molecule has 6 aromatic rings. The van der Waals surface area contributed by atoms with Crippen LogP contribution in [0.1, 0.15) is 39.8 Å². The third-order valence-electron chi connectivity index (χ3n) is 12.7. The van der Waals surface area contributed by atoms with Crippen molar-refractivity contribution in [2.24, 2.45) is 11.5 Å². The molecule has 384 valence electrons. The Hall–Kier alpha value is -6.69. The fourth-order valence-corrected chi connectivity index (χ4v) is 8.71. The topological polar surface area (TPSA) is 263 Å². The third kappa shape index (κ3) is 20.6. The largest absolute Gasteiger partial charge is 0.508 e. The van der Waals surface area contributed by atoms with E-state index in [1.165, 1.54) is 0 Å². The molecule has 15 heteroatoms. The first-order chi connectivity index (χ1) is 34.8. The minimum absolute atomic E-state index is 0.0217. The molecule has 0 radical (unpaired) electrons. The summed E-state index contributed by atoms with van der Waals surface area (Å²) < 4.78 is 0. The lowest BCUT2D eigenvalue weighted by atomic mass is 10.0. The summed E-state index contributed by atoms with van der Waals surface area (Å²) in [6, 6.07) is 43.0. The van der Waals surface area contributed by atoms with Gasteiger partial charge in [0.25, 0.3) is 0 Å². The summed E-state index contributed by atoms with van der Waals surface area (Å²) in [5.41, 5.74) is 18.4. The molecule has 0 spiro atoms. The summed E-state index contributed by atoms with van der Waals surface area (Å²) >= 11 is 0. The maximum absolute atomic E-state index is 11.5. The molecular formula is C57H74N8O7. The van der Waals surface area contributed by atoms with E-state index in [0.29, 0.717) is 84.3 Å². The second-order valence-corrected chi connectivity index (χ2v) is 18.9. The molecule has 0 bridgehead atoms. The van der Waals surface area contributed by atoms with Crippen molar-refractivity contribution in [3.8, 4) is 34.5 Å². The van der Waals surface area contributed by atoms with E-state index in [0.717, 1.165) is 33.4 Å². The first-order valence-corrected chi connectivity index (χ1v) is 24.9. The van der Waals surface area contributed by atoms with Gasteiger partial charge in [0.2, 0.25) is 5.91 Å². The lowest BCUT2D eigenvalue weighted by Gasteiger charge is -2.29. The number of nitrogens with two attached hydrogens (primary N) is 2. The highest BCUT2D eigenvalue weighted by Gasteiger charge is 2.21. The Morgan fingerprint density at radius 2 is 0.569 bits per heavy atom. The van der Waals surface area contributed by atoms with Crippen molar-refractivity contribution in [2.45, 2.75) is 81.2 Å². The van der Waals surface area contributed by atoms with Crippen molar-refractivity contribution in [3.05, 3.63) is 179 Å². The predicted molar refractivity (Wildman–Crippen MR) is 284 cm³/mol. The summed E-state index contributed by atoms with van der Waals surface area (Å²) in [4.78, 5) is 11.5. The maximum atomic E-state index is 11.5. The molecule has 72 heavy (non-hydrogen) atoms. The molecule has 0 fully saturated rings. The van der Waals surface area contributed by atoms with Gasteiger partial charge in [-0.2, -0.15) is 0 Å². The molecule has 0 aliphatic rings. The van der Waals surface area contributed by atoms with Crippen LogP contribution in [-0.4, -0.2) is 119 Å². The number of carbonyl (C=O) groups excluding carboxylic acids is 1. The Morgan fingerprint density at radius 3 is 0.819 bits per heavy atom. The van der Waals surface area contributed by atoms with Crippen LogP contribution < -0.4 is 43.4 Å². The highest BCUT2D eigenvalue weighted by atomic mass is 16.3. The third-order valence-corrected chi connectivity index (χ3v) is 12.7. The standard InChI is InChI=1S/C57H74N8O7/c58-45(27-39-1-13-51(66)14-2-39)33-61-47(29-41-5-17-53(68)18-6-41)35-63-49(31-43-9-21-55(70)22-10-43)37-65-50(32-44-11-23-56(71)24-12-44)38-64-48(30-42-7-19-54(69)20-8-42)36-62-46(34-60-26-25-57(59)72)28-40-3-15-52(67)16-4-40/h1-24,45-50,60-71H,25-38,58H2,(H2,59,72)/t45?,46-,47-,48?,49?,50-/m0/s1. The van der Waals surface area contributed by atoms with Gasteiger partial charge >= 0.3 is 0 Å². The van der Waals surface area contributed by atoms with E-state index in [4.69, 9.17) is 11.5 Å². The van der Waals surface area contributed by atoms with Crippen molar-refractivity contribution in [2.75, 3.05) is 45.8 Å². The number of aromatic hydroxyl groups is 6. The zero-order valence-electron chi connectivity index (χ0n) is 41.0. The summed E-state index contributed by atoms with van der Waals surface area (Å²) in [6.45, 7) is 3.95. The Morgan fingerprint density at radius 1 is 0.347 bits per heavy atom. The van der Waals surface area contributed by atoms with Crippen LogP contribution in [0.2, 0.25) is 0 Å². The van der Waals surface area contributed by atoms with Crippen molar-refractivity contribution in [1.82, 2.24) is 31.9 Å². The SMILES string of the molecule is NC(=O)CCNC[C@H](Cc1ccc(O)cc1)NCC(Cc1ccc(O)cc1)NC[C@H](Cc1ccc(O)cc1)NCC(Cc1ccc(O)cc1)NC[C@H](Cc1ccc(O)cc1)NCC(N)Cc1ccc(O)cc1. The van der Waals surface area contributed by atoms with Crippen molar-refractivity contribution in [1.29, 1.82) is 0 Å². The van der Waals surface area contributed by atoms with E-state index in [1.807, 2.05) is 72.8 Å². The number of primary amides is 1. The van der Waals surface area contributed by atoms with E-state index in [-0.39, 0.29) is 83.1 Å². The van der Waals surface area contributed by atoms with Gasteiger partial charge in [-0.3, -0.25) is 4.79 Å². The van der Waals surface area contributed by atoms with Crippen molar-refractivity contribution < 1.29 is 35.4 Å². The van der Waals surface area contributed by atoms with E-state index in [1.54, 1.807) is 72.8 Å². The van der Waals surface area contributed by atoms with Crippen LogP contribution in [0.5, 0.6) is 34.5 Å². The number of amides is 1. The molecule has 0 aromatic heterocycles. The number of hydrogen-bond donors (Lipinski definition) is 14. The fourth-order valence-electron chi connectivity index (χ4n) is 8.71. The van der Waals surface area contributed by atoms with Gasteiger partial charge in [-0.25, -0.2) is 0 Å². The van der Waals surface area contributed by atoms with E-state index in [2.05, 4.69) is 31.9 Å². The number of rotatable bonds is 32. The van der Waals surface area contributed by atoms with Crippen molar-refractivity contribution in [3.63, 3.8) is 0 Å². The lowest BCUT2D eigenvalue weighted by molar-refractivity contribution is -0.117. The van der Waals surface area contributed by atoms with Gasteiger partial charge in [0, 0.05) is 88.5 Å². The summed E-state index contributed by atoms with van der Waals surface area (Å²) in [5.74, 6) is 0.843. The molecule has 6 aromatic carbocycles. The Kier molecular flexibility index (Phi) is 22.0. The molecule has 16 N–H and O–H groups in total. The van der Waals surface area contributed by atoms with Crippen LogP contribution in [0.25, 0.3) is 0 Å². The molecular weight excluding hydrogens is 909 g/mol. The van der Waals surface area contributed by atoms with Gasteiger partial charge in [0.15, 0.2) is 0 Å². The molecule has 0 aliphatic heterocycles. The second kappa shape index (κ2) is 29.0. The fraction of sp³-hybridized carbons (Fsp3) is 0.351. The van der Waals surface area contributed by atoms with Crippen LogP contribution in [0.3, 0.4) is 0 Å². The van der Waals surface area contributed by atoms with Gasteiger partial charge in [-0.05, 0) is 145 Å². The molecule has 0 saturated carbocycles. The van der Waals surface area contributed by atoms with Crippen LogP contribution in [0.4, 0.5) is 0 Å². The number of benzene rings is 6. The van der Waals surface area contributed by atoms with Gasteiger partial charge in [0.1, 0.15) is 34.5 Å². The first kappa shape index (κ1) is 54.6. The van der Waals surface area contributed by atoms with Gasteiger partial charge in [-0.1, -0.05) is 72.8 Å². The number of nitrogens with one attached hydrogen (secondary N) is 6. The maximum Gasteiger partial charge on any atom is 0.218 e. The Labute approximate surface area is 423 Å². The van der Waals surface area contributed by atoms with Crippen LogP contribution in [0.15, 0.2) is 146 Å². The highest BCUT2D eigenvalue weighted by molar-refractivity contribution is 5.73. The molecule has 6 rings (SSSR count). The van der Waals surface area contributed by atoms with Crippen LogP contribution in [-0.2, 0) is 43.3 Å². The number of hydrogen-bond acceptors (Lipinski definition) is 14. The predicted octanol–water partition coefficient (Wildman–Crippen LogP) is 4.26. The van der Waals surface area contributed by atoms with Gasteiger partial charge < -0.3 is 74.0 Å². The van der Waals surface area contributed by atoms with E-state index in [9.17, 15) is 35.4 Å². The average molecular weight is 983 g/mol. The molecule has 0 aliphatic carbocycles. The number of carbonyl (C=O) groups is 1. The molecule has 15 nitrogen and oxygen atoms in total. The summed E-state index contributed by atoms with van der Waals surface area (Å²) in [7, 11) is 0. The smallest absolute Gasteiger partial charge is 0.218 e. The van der Waals surface area contributed by atoms with Crippen molar-refractivity contribution >= 4 is 5.91 Å². The minimum Gasteiger partial charge on any atom is -0.508 e. The first-order valence-electron chi connectivity index (χ1n) is 24.9.